The van der Waals surface area contributed by atoms with Crippen LogP contribution in [0.1, 0.15) is 25.8 Å². The normalized spacial score (nSPS) is 11.0. The van der Waals surface area contributed by atoms with Crippen LogP contribution >= 0.6 is 0 Å². The van der Waals surface area contributed by atoms with Gasteiger partial charge in [-0.25, -0.2) is 9.59 Å². The van der Waals surface area contributed by atoms with Gasteiger partial charge in [-0.15, -0.1) is 0 Å². The number of carbonyl (C=O) groups is 3. The molecule has 1 unspecified atom stereocenters. The Bertz CT molecular complexity index is 528. The SMILES string of the molecule is CC(=O)CCc1ccc(OCCNCC(C)O)cc1.O=C(O)C(=O)O. The molecule has 1 rings (SSSR count). The third-order valence-corrected chi connectivity index (χ3v) is 2.86. The summed E-state index contributed by atoms with van der Waals surface area (Å²) < 4.78 is 5.56. The number of nitrogens with one attached hydrogen (secondary N) is 1. The molecule has 0 radical (unpaired) electrons. The van der Waals surface area contributed by atoms with Gasteiger partial charge in [0.15, 0.2) is 0 Å². The first kappa shape index (κ1) is 22.6. The Morgan fingerprint density at radius 1 is 1.12 bits per heavy atom. The zero-order valence-corrected chi connectivity index (χ0v) is 14.4. The fourth-order valence-electron chi connectivity index (χ4n) is 1.62. The molecule has 1 aromatic rings. The van der Waals surface area contributed by atoms with Crippen LogP contribution in [0.2, 0.25) is 0 Å². The number of aliphatic hydroxyl groups is 1. The fourth-order valence-corrected chi connectivity index (χ4v) is 1.62. The van der Waals surface area contributed by atoms with E-state index < -0.39 is 11.9 Å². The summed E-state index contributed by atoms with van der Waals surface area (Å²) in [6.07, 6.45) is 1.04. The maximum absolute atomic E-state index is 10.9. The number of ketones is 1. The average Bonchev–Trinajstić information content (AvgIpc) is 2.54. The quantitative estimate of drug-likeness (QED) is 0.376. The molecule has 0 bridgehead atoms. The Labute approximate surface area is 146 Å². The Balaban J connectivity index is 0.000000823. The van der Waals surface area contributed by atoms with E-state index in [1.165, 1.54) is 0 Å². The molecule has 1 aromatic carbocycles. The molecule has 0 aliphatic rings. The van der Waals surface area contributed by atoms with Gasteiger partial charge in [0, 0.05) is 19.5 Å². The summed E-state index contributed by atoms with van der Waals surface area (Å²) in [5, 5.41) is 26.9. The van der Waals surface area contributed by atoms with E-state index in [1.54, 1.807) is 13.8 Å². The lowest BCUT2D eigenvalue weighted by molar-refractivity contribution is -0.159. The number of carboxylic acids is 2. The molecule has 0 saturated heterocycles. The number of aliphatic hydroxyl groups excluding tert-OH is 1. The van der Waals surface area contributed by atoms with Crippen molar-refractivity contribution in [2.75, 3.05) is 19.7 Å². The monoisotopic (exact) mass is 355 g/mol. The lowest BCUT2D eigenvalue weighted by Crippen LogP contribution is -2.28. The minimum absolute atomic E-state index is 0.213. The second-order valence-corrected chi connectivity index (χ2v) is 5.36. The van der Waals surface area contributed by atoms with Gasteiger partial charge >= 0.3 is 11.9 Å². The highest BCUT2D eigenvalue weighted by molar-refractivity contribution is 6.27. The van der Waals surface area contributed by atoms with Crippen molar-refractivity contribution in [2.45, 2.75) is 32.8 Å². The topological polar surface area (TPSA) is 133 Å². The number of hydrogen-bond donors (Lipinski definition) is 4. The van der Waals surface area contributed by atoms with E-state index in [0.717, 1.165) is 17.7 Å². The van der Waals surface area contributed by atoms with E-state index in [0.29, 0.717) is 26.1 Å². The van der Waals surface area contributed by atoms with Gasteiger partial charge < -0.3 is 30.2 Å². The molecule has 0 aliphatic heterocycles. The van der Waals surface area contributed by atoms with Crippen LogP contribution in [0.5, 0.6) is 5.75 Å². The number of rotatable bonds is 9. The van der Waals surface area contributed by atoms with Crippen molar-refractivity contribution in [2.24, 2.45) is 0 Å². The second kappa shape index (κ2) is 12.9. The summed E-state index contributed by atoms with van der Waals surface area (Å²) >= 11 is 0. The molecule has 0 fully saturated rings. The first-order valence-electron chi connectivity index (χ1n) is 7.78. The van der Waals surface area contributed by atoms with Gasteiger partial charge in [-0.1, -0.05) is 12.1 Å². The fraction of sp³-hybridized carbons (Fsp3) is 0.471. The van der Waals surface area contributed by atoms with Gasteiger partial charge in [0.25, 0.3) is 0 Å². The highest BCUT2D eigenvalue weighted by atomic mass is 16.5. The molecular weight excluding hydrogens is 330 g/mol. The van der Waals surface area contributed by atoms with Crippen molar-refractivity contribution < 1.29 is 34.4 Å². The number of benzene rings is 1. The lowest BCUT2D eigenvalue weighted by Gasteiger charge is -2.09. The van der Waals surface area contributed by atoms with Crippen molar-refractivity contribution in [3.05, 3.63) is 29.8 Å². The van der Waals surface area contributed by atoms with E-state index in [4.69, 9.17) is 29.6 Å². The molecule has 0 saturated carbocycles. The van der Waals surface area contributed by atoms with Crippen LogP contribution in [-0.2, 0) is 20.8 Å². The number of carbonyl (C=O) groups excluding carboxylic acids is 1. The van der Waals surface area contributed by atoms with Crippen LogP contribution in [0.15, 0.2) is 24.3 Å². The van der Waals surface area contributed by atoms with Crippen molar-refractivity contribution in [3.8, 4) is 5.75 Å². The Kier molecular flexibility index (Phi) is 11.6. The smallest absolute Gasteiger partial charge is 0.414 e. The third-order valence-electron chi connectivity index (χ3n) is 2.86. The number of Topliss-reactive ketones (excluding diaryl/α,β-unsaturated/α-hetero) is 1. The Morgan fingerprint density at radius 2 is 1.68 bits per heavy atom. The van der Waals surface area contributed by atoms with Crippen LogP contribution in [0.25, 0.3) is 0 Å². The van der Waals surface area contributed by atoms with Crippen LogP contribution in [0.3, 0.4) is 0 Å². The van der Waals surface area contributed by atoms with Crippen molar-refractivity contribution >= 4 is 17.7 Å². The molecule has 25 heavy (non-hydrogen) atoms. The highest BCUT2D eigenvalue weighted by Crippen LogP contribution is 2.13. The van der Waals surface area contributed by atoms with Gasteiger partial charge in [0.2, 0.25) is 0 Å². The molecule has 0 spiro atoms. The minimum atomic E-state index is -1.82. The Hall–Kier alpha value is -2.45. The molecule has 0 heterocycles. The van der Waals surface area contributed by atoms with Crippen LogP contribution in [0, 0.1) is 0 Å². The number of carboxylic acid groups (broad SMARTS) is 2. The maximum atomic E-state index is 10.9. The lowest BCUT2D eigenvalue weighted by atomic mass is 10.1. The van der Waals surface area contributed by atoms with Gasteiger partial charge in [-0.3, -0.25) is 0 Å². The molecular formula is C17H25NO7. The van der Waals surface area contributed by atoms with Crippen molar-refractivity contribution in [3.63, 3.8) is 0 Å². The molecule has 1 atom stereocenters. The first-order chi connectivity index (χ1) is 11.7. The largest absolute Gasteiger partial charge is 0.492 e. The maximum Gasteiger partial charge on any atom is 0.414 e. The zero-order valence-electron chi connectivity index (χ0n) is 14.4. The van der Waals surface area contributed by atoms with E-state index in [-0.39, 0.29) is 11.9 Å². The van der Waals surface area contributed by atoms with Gasteiger partial charge in [-0.2, -0.15) is 0 Å². The zero-order chi connectivity index (χ0) is 19.2. The number of aliphatic carboxylic acids is 2. The average molecular weight is 355 g/mol. The third kappa shape index (κ3) is 13.7. The number of aryl methyl sites for hydroxylation is 1. The summed E-state index contributed by atoms with van der Waals surface area (Å²) in [6, 6.07) is 7.82. The molecule has 8 nitrogen and oxygen atoms in total. The number of hydrogen-bond acceptors (Lipinski definition) is 6. The van der Waals surface area contributed by atoms with Crippen LogP contribution in [0.4, 0.5) is 0 Å². The Morgan fingerprint density at radius 3 is 2.12 bits per heavy atom. The highest BCUT2D eigenvalue weighted by Gasteiger charge is 2.04. The summed E-state index contributed by atoms with van der Waals surface area (Å²) in [6.45, 7) is 5.20. The number of ether oxygens (including phenoxy) is 1. The van der Waals surface area contributed by atoms with Crippen LogP contribution in [-0.4, -0.2) is 58.8 Å². The van der Waals surface area contributed by atoms with Gasteiger partial charge in [-0.05, 0) is 38.0 Å². The van der Waals surface area contributed by atoms with E-state index in [1.807, 2.05) is 24.3 Å². The summed E-state index contributed by atoms with van der Waals surface area (Å²) in [5.74, 6) is -2.61. The molecule has 4 N–H and O–H groups in total. The summed E-state index contributed by atoms with van der Waals surface area (Å²) in [5.41, 5.74) is 1.15. The molecule has 0 aromatic heterocycles. The predicted octanol–water partition coefficient (Wildman–Crippen LogP) is 0.713. The first-order valence-corrected chi connectivity index (χ1v) is 7.78. The second-order valence-electron chi connectivity index (χ2n) is 5.36. The molecule has 8 heteroatoms. The molecule has 140 valence electrons. The van der Waals surface area contributed by atoms with Gasteiger partial charge in [0.1, 0.15) is 18.1 Å². The van der Waals surface area contributed by atoms with Crippen molar-refractivity contribution in [1.82, 2.24) is 5.32 Å². The van der Waals surface area contributed by atoms with Crippen LogP contribution < -0.4 is 10.1 Å². The van der Waals surface area contributed by atoms with E-state index >= 15 is 0 Å². The van der Waals surface area contributed by atoms with E-state index in [9.17, 15) is 4.79 Å². The predicted molar refractivity (Wildman–Crippen MR) is 90.8 cm³/mol. The van der Waals surface area contributed by atoms with Gasteiger partial charge in [0.05, 0.1) is 6.10 Å². The van der Waals surface area contributed by atoms with Crippen molar-refractivity contribution in [1.29, 1.82) is 0 Å². The summed E-state index contributed by atoms with van der Waals surface area (Å²) in [4.78, 5) is 29.1. The van der Waals surface area contributed by atoms with E-state index in [2.05, 4.69) is 5.32 Å². The summed E-state index contributed by atoms with van der Waals surface area (Å²) in [7, 11) is 0. The standard InChI is InChI=1S/C15H23NO3.C2H2O4/c1-12(17)3-4-14-5-7-15(8-6-14)19-10-9-16-11-13(2)18;3-1(4)2(5)6/h5-8,13,16,18H,3-4,9-11H2,1-2H3;(H,3,4)(H,5,6). The minimum Gasteiger partial charge on any atom is -0.492 e. The molecule has 0 aliphatic carbocycles. The molecule has 0 amide bonds.